The first-order chi connectivity index (χ1) is 9.08. The van der Waals surface area contributed by atoms with Crippen molar-refractivity contribution in [3.8, 4) is 0 Å². The fourth-order valence-electron chi connectivity index (χ4n) is 2.21. The summed E-state index contributed by atoms with van der Waals surface area (Å²) in [4.78, 5) is 3.18. The van der Waals surface area contributed by atoms with E-state index in [4.69, 9.17) is 5.73 Å². The van der Waals surface area contributed by atoms with Gasteiger partial charge < -0.3 is 10.6 Å². The predicted octanol–water partition coefficient (Wildman–Crippen LogP) is 3.41. The van der Waals surface area contributed by atoms with Crippen LogP contribution >= 0.6 is 11.3 Å². The van der Waals surface area contributed by atoms with Gasteiger partial charge >= 0.3 is 0 Å². The van der Waals surface area contributed by atoms with E-state index in [1.165, 1.54) is 10.9 Å². The number of anilines is 1. The molecular formula is C15H19FN2S. The first-order valence-corrected chi connectivity index (χ1v) is 7.22. The molecule has 0 aliphatic carbocycles. The number of halogens is 1. The predicted molar refractivity (Wildman–Crippen MR) is 80.2 cm³/mol. The molecule has 0 amide bonds. The molecule has 0 spiro atoms. The van der Waals surface area contributed by atoms with Crippen LogP contribution in [0.4, 0.5) is 10.1 Å². The van der Waals surface area contributed by atoms with E-state index in [0.29, 0.717) is 18.7 Å². The van der Waals surface area contributed by atoms with Crippen LogP contribution in [0, 0.1) is 5.82 Å². The molecule has 2 aromatic rings. The number of para-hydroxylation sites is 1. The highest BCUT2D eigenvalue weighted by atomic mass is 32.1. The van der Waals surface area contributed by atoms with Crippen LogP contribution in [0.1, 0.15) is 17.4 Å². The maximum absolute atomic E-state index is 14.1. The Hall–Kier alpha value is -1.39. The van der Waals surface area contributed by atoms with E-state index in [0.717, 1.165) is 5.56 Å². The summed E-state index contributed by atoms with van der Waals surface area (Å²) in [7, 11) is 1.92. The highest BCUT2D eigenvalue weighted by Crippen LogP contribution is 2.26. The highest BCUT2D eigenvalue weighted by Gasteiger charge is 2.14. The summed E-state index contributed by atoms with van der Waals surface area (Å²) in [6, 6.07) is 9.30. The average Bonchev–Trinajstić information content (AvgIpc) is 2.80. The molecule has 0 saturated heterocycles. The number of rotatable bonds is 5. The van der Waals surface area contributed by atoms with Crippen molar-refractivity contribution in [2.45, 2.75) is 25.9 Å². The van der Waals surface area contributed by atoms with Crippen LogP contribution in [-0.4, -0.2) is 13.1 Å². The lowest BCUT2D eigenvalue weighted by atomic mass is 10.0. The van der Waals surface area contributed by atoms with Gasteiger partial charge in [0.05, 0.1) is 12.2 Å². The Kier molecular flexibility index (Phi) is 4.56. The minimum atomic E-state index is -0.183. The average molecular weight is 278 g/mol. The van der Waals surface area contributed by atoms with Gasteiger partial charge in [0.15, 0.2) is 0 Å². The molecule has 0 radical (unpaired) electrons. The van der Waals surface area contributed by atoms with Gasteiger partial charge in [-0.2, -0.15) is 0 Å². The molecule has 1 atom stereocenters. The van der Waals surface area contributed by atoms with E-state index in [9.17, 15) is 4.39 Å². The van der Waals surface area contributed by atoms with Crippen molar-refractivity contribution in [3.05, 3.63) is 52.0 Å². The third-order valence-corrected chi connectivity index (χ3v) is 3.83. The minimum Gasteiger partial charge on any atom is -0.367 e. The van der Waals surface area contributed by atoms with Crippen LogP contribution < -0.4 is 10.6 Å². The van der Waals surface area contributed by atoms with Crippen molar-refractivity contribution < 1.29 is 4.39 Å². The van der Waals surface area contributed by atoms with Crippen molar-refractivity contribution >= 4 is 17.0 Å². The lowest BCUT2D eigenvalue weighted by Gasteiger charge is -2.23. The molecule has 0 fully saturated rings. The van der Waals surface area contributed by atoms with Crippen molar-refractivity contribution in [2.75, 3.05) is 11.9 Å². The number of nitrogens with zero attached hydrogens (tertiary/aromatic N) is 1. The highest BCUT2D eigenvalue weighted by molar-refractivity contribution is 7.09. The quantitative estimate of drug-likeness (QED) is 0.908. The van der Waals surface area contributed by atoms with E-state index < -0.39 is 0 Å². The third kappa shape index (κ3) is 3.55. The van der Waals surface area contributed by atoms with Crippen LogP contribution in [0.2, 0.25) is 0 Å². The fourth-order valence-corrected chi connectivity index (χ4v) is 2.97. The van der Waals surface area contributed by atoms with E-state index in [-0.39, 0.29) is 11.9 Å². The molecule has 19 heavy (non-hydrogen) atoms. The lowest BCUT2D eigenvalue weighted by Crippen LogP contribution is -2.23. The maximum atomic E-state index is 14.1. The van der Waals surface area contributed by atoms with Crippen LogP contribution in [0.5, 0.6) is 0 Å². The van der Waals surface area contributed by atoms with Gasteiger partial charge in [-0.25, -0.2) is 4.39 Å². The maximum Gasteiger partial charge on any atom is 0.146 e. The van der Waals surface area contributed by atoms with Gasteiger partial charge in [0, 0.05) is 18.0 Å². The van der Waals surface area contributed by atoms with Gasteiger partial charge in [-0.05, 0) is 36.4 Å². The van der Waals surface area contributed by atoms with Crippen molar-refractivity contribution in [1.29, 1.82) is 0 Å². The Balaban J connectivity index is 2.26. The van der Waals surface area contributed by atoms with E-state index in [1.807, 2.05) is 36.4 Å². The third-order valence-electron chi connectivity index (χ3n) is 2.97. The molecule has 1 heterocycles. The Morgan fingerprint density at radius 2 is 2.11 bits per heavy atom. The van der Waals surface area contributed by atoms with Crippen LogP contribution in [0.15, 0.2) is 35.7 Å². The molecule has 0 bridgehead atoms. The number of thiophene rings is 1. The number of hydrogen-bond donors (Lipinski definition) is 1. The molecule has 2 nitrogen and oxygen atoms in total. The monoisotopic (exact) mass is 278 g/mol. The molecule has 0 aliphatic rings. The second-order valence-electron chi connectivity index (χ2n) is 4.86. The Bertz CT molecular complexity index is 523. The molecule has 2 rings (SSSR count). The molecule has 0 aliphatic heterocycles. The van der Waals surface area contributed by atoms with E-state index in [2.05, 4.69) is 6.07 Å². The van der Waals surface area contributed by atoms with Crippen LogP contribution in [-0.2, 0) is 13.0 Å². The van der Waals surface area contributed by atoms with Gasteiger partial charge in [0.25, 0.3) is 0 Å². The van der Waals surface area contributed by atoms with Crippen molar-refractivity contribution in [3.63, 3.8) is 0 Å². The summed E-state index contributed by atoms with van der Waals surface area (Å²) in [6.45, 7) is 2.65. The fraction of sp³-hybridized carbons (Fsp3) is 0.333. The smallest absolute Gasteiger partial charge is 0.146 e. The molecule has 0 saturated carbocycles. The second kappa shape index (κ2) is 6.17. The number of hydrogen-bond acceptors (Lipinski definition) is 3. The zero-order valence-electron chi connectivity index (χ0n) is 11.3. The Labute approximate surface area is 117 Å². The number of nitrogens with two attached hydrogens (primary N) is 1. The summed E-state index contributed by atoms with van der Waals surface area (Å²) >= 11 is 1.68. The van der Waals surface area contributed by atoms with Crippen LogP contribution in [0.25, 0.3) is 0 Å². The van der Waals surface area contributed by atoms with E-state index in [1.54, 1.807) is 17.4 Å². The normalized spacial score (nSPS) is 12.4. The Morgan fingerprint density at radius 1 is 1.32 bits per heavy atom. The zero-order valence-corrected chi connectivity index (χ0v) is 12.1. The molecule has 1 aromatic carbocycles. The first kappa shape index (κ1) is 14.0. The molecule has 4 heteroatoms. The second-order valence-corrected chi connectivity index (χ2v) is 5.90. The summed E-state index contributed by atoms with van der Waals surface area (Å²) in [5.74, 6) is -0.183. The summed E-state index contributed by atoms with van der Waals surface area (Å²) in [5, 5.41) is 2.04. The SMILES string of the molecule is CC(N)Cc1cccc(F)c1N(C)Cc1cccs1. The van der Waals surface area contributed by atoms with Crippen LogP contribution in [0.3, 0.4) is 0 Å². The number of benzene rings is 1. The molecule has 1 aromatic heterocycles. The van der Waals surface area contributed by atoms with E-state index >= 15 is 0 Å². The van der Waals surface area contributed by atoms with Gasteiger partial charge in [0.2, 0.25) is 0 Å². The molecule has 2 N–H and O–H groups in total. The minimum absolute atomic E-state index is 0.0238. The van der Waals surface area contributed by atoms with Crippen molar-refractivity contribution in [2.24, 2.45) is 5.73 Å². The summed E-state index contributed by atoms with van der Waals surface area (Å²) in [6.07, 6.45) is 0.682. The molecular weight excluding hydrogens is 259 g/mol. The van der Waals surface area contributed by atoms with Gasteiger partial charge in [-0.3, -0.25) is 0 Å². The molecule has 1 unspecified atom stereocenters. The van der Waals surface area contributed by atoms with Crippen molar-refractivity contribution in [1.82, 2.24) is 0 Å². The lowest BCUT2D eigenvalue weighted by molar-refractivity contribution is 0.617. The zero-order chi connectivity index (χ0) is 13.8. The summed E-state index contributed by atoms with van der Waals surface area (Å²) in [5.41, 5.74) is 7.47. The standard InChI is InChI=1S/C15H19FN2S/c1-11(17)9-12-5-3-7-14(16)15(12)18(2)10-13-6-4-8-19-13/h3-8,11H,9-10,17H2,1-2H3. The van der Waals surface area contributed by atoms with Gasteiger partial charge in [-0.15, -0.1) is 11.3 Å². The van der Waals surface area contributed by atoms with Gasteiger partial charge in [-0.1, -0.05) is 18.2 Å². The molecule has 102 valence electrons. The Morgan fingerprint density at radius 3 is 2.74 bits per heavy atom. The first-order valence-electron chi connectivity index (χ1n) is 6.34. The summed E-state index contributed by atoms with van der Waals surface area (Å²) < 4.78 is 14.1. The largest absolute Gasteiger partial charge is 0.367 e. The van der Waals surface area contributed by atoms with Gasteiger partial charge in [0.1, 0.15) is 5.82 Å². The topological polar surface area (TPSA) is 29.3 Å².